The highest BCUT2D eigenvalue weighted by molar-refractivity contribution is 5.75. The summed E-state index contributed by atoms with van der Waals surface area (Å²) >= 11 is 0. The van der Waals surface area contributed by atoms with Gasteiger partial charge in [-0.15, -0.1) is 0 Å². The van der Waals surface area contributed by atoms with E-state index in [1.165, 1.54) is 10.6 Å². The minimum absolute atomic E-state index is 0.152. The Morgan fingerprint density at radius 1 is 1.29 bits per heavy atom. The Morgan fingerprint density at radius 3 is 2.54 bits per heavy atom. The molecule has 1 aromatic carbocycles. The van der Waals surface area contributed by atoms with Crippen LogP contribution in [0.4, 0.5) is 0 Å². The quantitative estimate of drug-likeness (QED) is 0.814. The molecule has 0 aliphatic rings. The Morgan fingerprint density at radius 2 is 1.96 bits per heavy atom. The number of hydrogen-bond donors (Lipinski definition) is 1. The number of carbonyl (C=O) groups excluding carboxylic acids is 1. The van der Waals surface area contributed by atoms with Crippen molar-refractivity contribution in [2.45, 2.75) is 39.3 Å². The lowest BCUT2D eigenvalue weighted by Gasteiger charge is -2.26. The van der Waals surface area contributed by atoms with Crippen LogP contribution in [0.15, 0.2) is 41.2 Å². The van der Waals surface area contributed by atoms with Crippen LogP contribution in [0.2, 0.25) is 0 Å². The van der Waals surface area contributed by atoms with E-state index < -0.39 is 18.1 Å². The van der Waals surface area contributed by atoms with E-state index in [0.29, 0.717) is 23.5 Å². The molecule has 1 N–H and O–H groups in total. The first kappa shape index (κ1) is 17.9. The lowest BCUT2D eigenvalue weighted by atomic mass is 10.0. The van der Waals surface area contributed by atoms with Gasteiger partial charge in [0.05, 0.1) is 6.61 Å². The molecule has 0 bridgehead atoms. The van der Waals surface area contributed by atoms with E-state index in [9.17, 15) is 14.7 Å². The highest BCUT2D eigenvalue weighted by Crippen LogP contribution is 2.23. The molecule has 2 rings (SSSR count). The van der Waals surface area contributed by atoms with Crippen LogP contribution < -0.4 is 5.56 Å². The van der Waals surface area contributed by atoms with Gasteiger partial charge >= 0.3 is 5.97 Å². The van der Waals surface area contributed by atoms with Gasteiger partial charge in [-0.2, -0.15) is 0 Å². The molecular weight excluding hydrogens is 308 g/mol. The van der Waals surface area contributed by atoms with Crippen molar-refractivity contribution in [3.8, 4) is 0 Å². The monoisotopic (exact) mass is 330 g/mol. The lowest BCUT2D eigenvalue weighted by Crippen LogP contribution is -2.40. The second-order valence-electron chi connectivity index (χ2n) is 5.43. The number of rotatable bonds is 6. The molecule has 6 nitrogen and oxygen atoms in total. The zero-order valence-corrected chi connectivity index (χ0v) is 14.1. The first-order chi connectivity index (χ1) is 11.5. The van der Waals surface area contributed by atoms with Gasteiger partial charge < -0.3 is 9.84 Å². The van der Waals surface area contributed by atoms with Crippen LogP contribution in [0.3, 0.4) is 0 Å². The average Bonchev–Trinajstić information content (AvgIpc) is 2.57. The predicted octanol–water partition coefficient (Wildman–Crippen LogP) is 1.63. The molecule has 0 fully saturated rings. The number of aliphatic hydroxyl groups is 1. The summed E-state index contributed by atoms with van der Waals surface area (Å²) < 4.78 is 6.32. The number of ether oxygens (including phenoxy) is 1. The molecule has 0 amide bonds. The van der Waals surface area contributed by atoms with Crippen LogP contribution in [0.25, 0.3) is 0 Å². The number of aromatic nitrogens is 2. The van der Waals surface area contributed by atoms with Gasteiger partial charge in [0.25, 0.3) is 5.56 Å². The SMILES string of the molecule is CCOC(=O)C(O)C(c1ccccc1)n1c(CC)nc(C)cc1=O. The fourth-order valence-electron chi connectivity index (χ4n) is 2.69. The molecule has 6 heteroatoms. The van der Waals surface area contributed by atoms with Crippen molar-refractivity contribution in [2.75, 3.05) is 6.61 Å². The maximum absolute atomic E-state index is 12.6. The van der Waals surface area contributed by atoms with E-state index in [4.69, 9.17) is 4.74 Å². The summed E-state index contributed by atoms with van der Waals surface area (Å²) in [5.74, 6) is -0.252. The molecule has 128 valence electrons. The van der Waals surface area contributed by atoms with Crippen LogP contribution >= 0.6 is 0 Å². The van der Waals surface area contributed by atoms with Crippen molar-refractivity contribution in [3.05, 3.63) is 63.8 Å². The van der Waals surface area contributed by atoms with Gasteiger partial charge in [0.1, 0.15) is 11.9 Å². The number of carbonyl (C=O) groups is 1. The number of aliphatic hydroxyl groups excluding tert-OH is 1. The van der Waals surface area contributed by atoms with E-state index in [-0.39, 0.29) is 12.2 Å². The van der Waals surface area contributed by atoms with Crippen molar-refractivity contribution in [1.82, 2.24) is 9.55 Å². The largest absolute Gasteiger partial charge is 0.464 e. The third kappa shape index (κ3) is 3.71. The van der Waals surface area contributed by atoms with Gasteiger partial charge in [-0.1, -0.05) is 37.3 Å². The third-order valence-electron chi connectivity index (χ3n) is 3.72. The maximum atomic E-state index is 12.6. The summed E-state index contributed by atoms with van der Waals surface area (Å²) in [5, 5.41) is 10.6. The van der Waals surface area contributed by atoms with E-state index in [1.54, 1.807) is 38.1 Å². The molecule has 24 heavy (non-hydrogen) atoms. The van der Waals surface area contributed by atoms with Crippen LogP contribution in [0.1, 0.15) is 37.0 Å². The zero-order valence-electron chi connectivity index (χ0n) is 14.1. The number of aryl methyl sites for hydroxylation is 2. The Kier molecular flexibility index (Phi) is 5.87. The number of nitrogens with zero attached hydrogens (tertiary/aromatic N) is 2. The fourth-order valence-corrected chi connectivity index (χ4v) is 2.69. The maximum Gasteiger partial charge on any atom is 0.337 e. The van der Waals surface area contributed by atoms with Gasteiger partial charge in [-0.3, -0.25) is 9.36 Å². The molecule has 0 saturated carbocycles. The molecule has 1 aromatic heterocycles. The van der Waals surface area contributed by atoms with Crippen molar-refractivity contribution >= 4 is 5.97 Å². The van der Waals surface area contributed by atoms with Gasteiger partial charge in [-0.25, -0.2) is 9.78 Å². The molecular formula is C18H22N2O4. The van der Waals surface area contributed by atoms with E-state index in [1.807, 2.05) is 13.0 Å². The molecule has 0 aliphatic carbocycles. The number of esters is 1. The summed E-state index contributed by atoms with van der Waals surface area (Å²) in [7, 11) is 0. The van der Waals surface area contributed by atoms with Crippen molar-refractivity contribution in [3.63, 3.8) is 0 Å². The summed E-state index contributed by atoms with van der Waals surface area (Å²) in [4.78, 5) is 29.1. The normalized spacial score (nSPS) is 13.3. The summed E-state index contributed by atoms with van der Waals surface area (Å²) in [6.45, 7) is 5.43. The summed E-state index contributed by atoms with van der Waals surface area (Å²) in [6, 6.07) is 9.44. The molecule has 2 atom stereocenters. The standard InChI is InChI=1S/C18H22N2O4/c1-4-14-19-12(3)11-15(21)20(14)16(13-9-7-6-8-10-13)17(22)18(23)24-5-2/h6-11,16-17,22H,4-5H2,1-3H3. The third-order valence-corrected chi connectivity index (χ3v) is 3.72. The second kappa shape index (κ2) is 7.88. The van der Waals surface area contributed by atoms with E-state index in [2.05, 4.69) is 4.98 Å². The van der Waals surface area contributed by atoms with Crippen LogP contribution in [0.5, 0.6) is 0 Å². The first-order valence-corrected chi connectivity index (χ1v) is 7.98. The minimum atomic E-state index is -1.50. The first-order valence-electron chi connectivity index (χ1n) is 7.98. The van der Waals surface area contributed by atoms with Gasteiger partial charge in [-0.05, 0) is 19.4 Å². The zero-order chi connectivity index (χ0) is 17.7. The molecule has 0 spiro atoms. The van der Waals surface area contributed by atoms with E-state index in [0.717, 1.165) is 0 Å². The highest BCUT2D eigenvalue weighted by Gasteiger charge is 2.32. The Labute approximate surface area is 140 Å². The van der Waals surface area contributed by atoms with E-state index >= 15 is 0 Å². The highest BCUT2D eigenvalue weighted by atomic mass is 16.5. The van der Waals surface area contributed by atoms with Crippen LogP contribution in [-0.4, -0.2) is 33.3 Å². The van der Waals surface area contributed by atoms with Gasteiger partial charge in [0, 0.05) is 18.2 Å². The second-order valence-corrected chi connectivity index (χ2v) is 5.43. The Bertz CT molecular complexity index is 755. The van der Waals surface area contributed by atoms with Crippen molar-refractivity contribution in [1.29, 1.82) is 0 Å². The van der Waals surface area contributed by atoms with Crippen molar-refractivity contribution < 1.29 is 14.6 Å². The predicted molar refractivity (Wildman–Crippen MR) is 89.8 cm³/mol. The molecule has 2 unspecified atom stereocenters. The molecule has 0 radical (unpaired) electrons. The molecule has 1 heterocycles. The van der Waals surface area contributed by atoms with Gasteiger partial charge in [0.2, 0.25) is 0 Å². The average molecular weight is 330 g/mol. The Balaban J connectivity index is 2.64. The van der Waals surface area contributed by atoms with Crippen LogP contribution in [0, 0.1) is 6.92 Å². The molecule has 2 aromatic rings. The number of benzene rings is 1. The summed E-state index contributed by atoms with van der Waals surface area (Å²) in [5.41, 5.74) is 0.933. The smallest absolute Gasteiger partial charge is 0.337 e. The minimum Gasteiger partial charge on any atom is -0.464 e. The fraction of sp³-hybridized carbons (Fsp3) is 0.389. The summed E-state index contributed by atoms with van der Waals surface area (Å²) in [6.07, 6.45) is -1.00. The topological polar surface area (TPSA) is 81.4 Å². The van der Waals surface area contributed by atoms with Crippen LogP contribution in [-0.2, 0) is 16.0 Å². The molecule has 0 aliphatic heterocycles. The number of hydrogen-bond acceptors (Lipinski definition) is 5. The Hall–Kier alpha value is -2.47. The van der Waals surface area contributed by atoms with Gasteiger partial charge in [0.15, 0.2) is 6.10 Å². The molecule has 0 saturated heterocycles. The lowest BCUT2D eigenvalue weighted by molar-refractivity contribution is -0.154. The van der Waals surface area contributed by atoms with Crippen molar-refractivity contribution in [2.24, 2.45) is 0 Å².